The van der Waals surface area contributed by atoms with Crippen molar-refractivity contribution < 1.29 is 23.2 Å². The van der Waals surface area contributed by atoms with Gasteiger partial charge in [-0.1, -0.05) is 0 Å². The Balaban J connectivity index is 0.000000421. The maximum absolute atomic E-state index is 9.24. The van der Waals surface area contributed by atoms with Gasteiger partial charge in [0.05, 0.1) is 0 Å². The molecule has 0 spiro atoms. The number of halogens is 1. The molecule has 0 N–H and O–H groups in total. The fraction of sp³-hybridized carbons (Fsp3) is 0.0769. The van der Waals surface area contributed by atoms with Gasteiger partial charge in [0.15, 0.2) is 0 Å². The summed E-state index contributed by atoms with van der Waals surface area (Å²) in [6.45, 7) is 0. The Kier molecular flexibility index (Phi) is 14.0. The van der Waals surface area contributed by atoms with Crippen LogP contribution < -0.4 is 16.9 Å². The van der Waals surface area contributed by atoms with Crippen LogP contribution in [0.1, 0.15) is 0 Å². The molecule has 9 heteroatoms. The van der Waals surface area contributed by atoms with Gasteiger partial charge in [-0.2, -0.15) is 0 Å². The summed E-state index contributed by atoms with van der Waals surface area (Å²) in [7, 11) is -6.47. The maximum atomic E-state index is 9.24. The summed E-state index contributed by atoms with van der Waals surface area (Å²) in [4.78, 5) is 18.5. The van der Waals surface area contributed by atoms with Crippen LogP contribution in [0.2, 0.25) is 0 Å². The van der Waals surface area contributed by atoms with Crippen molar-refractivity contribution in [3.8, 4) is 0 Å². The van der Waals surface area contributed by atoms with Crippen LogP contribution in [0.3, 0.4) is 0 Å². The summed E-state index contributed by atoms with van der Waals surface area (Å²) in [5.74, 6) is 0. The molecule has 0 aliphatic rings. The van der Waals surface area contributed by atoms with Gasteiger partial charge < -0.3 is 9.79 Å². The van der Waals surface area contributed by atoms with Gasteiger partial charge >= 0.3 is 105 Å². The van der Waals surface area contributed by atoms with Gasteiger partial charge in [-0.15, -0.1) is 11.6 Å². The van der Waals surface area contributed by atoms with Gasteiger partial charge in [0.1, 0.15) is 4.31 Å². The van der Waals surface area contributed by atoms with Crippen molar-refractivity contribution in [1.82, 2.24) is 0 Å². The first-order valence-electron chi connectivity index (χ1n) is 5.79. The minimum absolute atomic E-state index is 0.517. The Labute approximate surface area is 146 Å². The van der Waals surface area contributed by atoms with Crippen LogP contribution >= 0.6 is 28.1 Å². The molecule has 0 radical (unpaired) electrons. The van der Waals surface area contributed by atoms with E-state index in [1.807, 2.05) is 0 Å². The van der Waals surface area contributed by atoms with E-state index >= 15 is 0 Å². The van der Waals surface area contributed by atoms with Crippen LogP contribution in [0, 0.1) is 0 Å². The first-order valence-corrected chi connectivity index (χ1v) is 11.6. The fourth-order valence-corrected chi connectivity index (χ4v) is 4.70. The molecule has 0 aliphatic heterocycles. The molecule has 22 heavy (non-hydrogen) atoms. The minimum atomic E-state index is -3.24. The number of hydrogen-bond acceptors (Lipinski definition) is 5. The first-order chi connectivity index (χ1) is 10.6. The molecule has 0 fully saturated rings. The summed E-state index contributed by atoms with van der Waals surface area (Å²) in [6.07, 6.45) is 1.47. The quantitative estimate of drug-likeness (QED) is 0.385. The molecule has 0 aromatic heterocycles. The summed E-state index contributed by atoms with van der Waals surface area (Å²) in [5.41, 5.74) is 0. The number of alkyl halides is 1. The standard InChI is InChI=1S/2C6H5.CH3Cl.O5P2.Sn/c2*1-2-4-6-5-3-1;1-2;1-6(2)5-7(3)4;/h2*1-5H;1H3;;/q;;;;+2. The molecule has 0 bridgehead atoms. The average molecular weight is 465 g/mol. The SMILES string of the molecule is CCl.O=[P+]([O-])O[P+](=O)[O-].c1cc[c]([Sn+2][c]2ccccc2)cc1. The van der Waals surface area contributed by atoms with Crippen molar-refractivity contribution in [1.29, 1.82) is 0 Å². The zero-order valence-corrected chi connectivity index (χ0v) is 17.0. The second-order valence-corrected chi connectivity index (χ2v) is 8.94. The predicted octanol–water partition coefficient (Wildman–Crippen LogP) is 1.23. The molecule has 0 aliphatic carbocycles. The third-order valence-electron chi connectivity index (χ3n) is 1.97. The van der Waals surface area contributed by atoms with Crippen molar-refractivity contribution in [2.45, 2.75) is 0 Å². The normalized spacial score (nSPS) is 10.0. The van der Waals surface area contributed by atoms with E-state index in [9.17, 15) is 18.9 Å². The van der Waals surface area contributed by atoms with E-state index in [0.29, 0.717) is 0 Å². The summed E-state index contributed by atoms with van der Waals surface area (Å²) < 4.78 is 24.7. The van der Waals surface area contributed by atoms with Gasteiger partial charge in [-0.05, 0) is 9.13 Å². The van der Waals surface area contributed by atoms with Gasteiger partial charge in [0.2, 0.25) is 0 Å². The number of benzene rings is 2. The summed E-state index contributed by atoms with van der Waals surface area (Å²) in [6, 6.07) is 21.6. The molecule has 2 rings (SSSR count). The molecule has 0 heterocycles. The Bertz CT molecular complexity index is 507. The van der Waals surface area contributed by atoms with Gasteiger partial charge in [0, 0.05) is 6.38 Å². The molecule has 0 saturated carbocycles. The molecule has 2 aromatic carbocycles. The molecule has 0 amide bonds. The molecule has 114 valence electrons. The Morgan fingerprint density at radius 1 is 0.818 bits per heavy atom. The van der Waals surface area contributed by atoms with Crippen molar-refractivity contribution >= 4 is 56.4 Å². The third kappa shape index (κ3) is 12.2. The van der Waals surface area contributed by atoms with Crippen molar-refractivity contribution in [2.24, 2.45) is 0 Å². The Morgan fingerprint density at radius 3 is 1.36 bits per heavy atom. The van der Waals surface area contributed by atoms with Crippen LogP contribution in [0.5, 0.6) is 0 Å². The zero-order chi connectivity index (χ0) is 16.8. The van der Waals surface area contributed by atoms with Crippen LogP contribution in [0.4, 0.5) is 0 Å². The van der Waals surface area contributed by atoms with E-state index in [1.54, 1.807) is 0 Å². The van der Waals surface area contributed by atoms with E-state index in [2.05, 4.69) is 76.6 Å². The van der Waals surface area contributed by atoms with Gasteiger partial charge in [-0.25, -0.2) is 0 Å². The first kappa shape index (κ1) is 21.6. The molecule has 2 unspecified atom stereocenters. The Hall–Kier alpha value is -0.391. The third-order valence-corrected chi connectivity index (χ3v) is 6.59. The van der Waals surface area contributed by atoms with Crippen LogP contribution in [0.15, 0.2) is 60.7 Å². The topological polar surface area (TPSA) is 89.5 Å². The Morgan fingerprint density at radius 2 is 1.14 bits per heavy atom. The van der Waals surface area contributed by atoms with E-state index in [0.717, 1.165) is 0 Å². The van der Waals surface area contributed by atoms with E-state index in [4.69, 9.17) is 0 Å². The average Bonchev–Trinajstić information content (AvgIpc) is 2.50. The van der Waals surface area contributed by atoms with Crippen molar-refractivity contribution in [3.63, 3.8) is 0 Å². The zero-order valence-electron chi connectivity index (χ0n) is 11.6. The van der Waals surface area contributed by atoms with E-state index in [-0.39, 0.29) is 0 Å². The second-order valence-electron chi connectivity index (χ2n) is 3.39. The number of rotatable bonds is 4. The molecular formula is C13H13ClO5P2Sn+2. The van der Waals surface area contributed by atoms with Crippen molar-refractivity contribution in [2.75, 3.05) is 6.38 Å². The van der Waals surface area contributed by atoms with Crippen LogP contribution in [-0.4, -0.2) is 27.5 Å². The predicted molar refractivity (Wildman–Crippen MR) is 86.0 cm³/mol. The van der Waals surface area contributed by atoms with Crippen molar-refractivity contribution in [3.05, 3.63) is 60.7 Å². The molecule has 2 aromatic rings. The molecule has 2 atom stereocenters. The monoisotopic (exact) mass is 466 g/mol. The van der Waals surface area contributed by atoms with Crippen LogP contribution in [-0.2, 0) is 13.4 Å². The fourth-order valence-electron chi connectivity index (χ4n) is 1.26. The van der Waals surface area contributed by atoms with Gasteiger partial charge in [-0.3, -0.25) is 0 Å². The molecule has 5 nitrogen and oxygen atoms in total. The van der Waals surface area contributed by atoms with Crippen LogP contribution in [0.25, 0.3) is 0 Å². The second kappa shape index (κ2) is 14.2. The summed E-state index contributed by atoms with van der Waals surface area (Å²) in [5, 5.41) is 0. The number of hydrogen-bond donors (Lipinski definition) is 0. The van der Waals surface area contributed by atoms with Gasteiger partial charge in [0.25, 0.3) is 0 Å². The van der Waals surface area contributed by atoms with E-state index in [1.165, 1.54) is 13.5 Å². The van der Waals surface area contributed by atoms with E-state index < -0.39 is 37.7 Å². The summed E-state index contributed by atoms with van der Waals surface area (Å²) >= 11 is 4.12. The molecule has 0 saturated heterocycles. The molecular weight excluding hydrogens is 452 g/mol.